The summed E-state index contributed by atoms with van der Waals surface area (Å²) in [5.41, 5.74) is -0.364. The van der Waals surface area contributed by atoms with Gasteiger partial charge in [-0.3, -0.25) is 14.9 Å². The fraction of sp³-hybridized carbons (Fsp3) is 0.750. The molecule has 6 heteroatoms. The van der Waals surface area contributed by atoms with E-state index in [-0.39, 0.29) is 17.3 Å². The number of hydrogen-bond acceptors (Lipinski definition) is 3. The number of nitrogens with zero attached hydrogens (tertiary/aromatic N) is 1. The topological polar surface area (TPSA) is 72.2 Å². The van der Waals surface area contributed by atoms with E-state index in [2.05, 4.69) is 12.2 Å². The van der Waals surface area contributed by atoms with Crippen molar-refractivity contribution in [3.63, 3.8) is 0 Å². The second-order valence-corrected chi connectivity index (χ2v) is 9.58. The largest absolute Gasteiger partial charge is 0.323 e. The molecule has 194 valence electrons. The van der Waals surface area contributed by atoms with Crippen LogP contribution >= 0.6 is 0 Å². The van der Waals surface area contributed by atoms with Gasteiger partial charge in [0.15, 0.2) is 0 Å². The number of benzene rings is 1. The Morgan fingerprint density at radius 3 is 1.59 bits per heavy atom. The first-order valence-electron chi connectivity index (χ1n) is 13.8. The number of unbranched alkanes of at least 4 members (excludes halogenated alkanes) is 18. The molecule has 0 radical (unpaired) electrons. The third-order valence-corrected chi connectivity index (χ3v) is 6.44. The maximum Gasteiger partial charge on any atom is 0.271 e. The SMILES string of the molecule is CCCCCCCCCCCCCCCCCCCCCC(=O)Nc1cc([N+](=O)[O-])ccc1F. The molecule has 0 aliphatic carbocycles. The number of nitrogens with one attached hydrogen (secondary N) is 1. The zero-order chi connectivity index (χ0) is 24.9. The van der Waals surface area contributed by atoms with Crippen LogP contribution in [0.3, 0.4) is 0 Å². The van der Waals surface area contributed by atoms with Gasteiger partial charge in [-0.15, -0.1) is 0 Å². The summed E-state index contributed by atoms with van der Waals surface area (Å²) in [6.07, 6.45) is 25.0. The average Bonchev–Trinajstić information content (AvgIpc) is 2.81. The number of nitro benzene ring substituents is 1. The van der Waals surface area contributed by atoms with E-state index in [1.807, 2.05) is 0 Å². The van der Waals surface area contributed by atoms with Crippen molar-refractivity contribution in [2.45, 2.75) is 135 Å². The Morgan fingerprint density at radius 2 is 1.18 bits per heavy atom. The van der Waals surface area contributed by atoms with Crippen LogP contribution in [0.15, 0.2) is 18.2 Å². The van der Waals surface area contributed by atoms with Crippen molar-refractivity contribution in [1.29, 1.82) is 0 Å². The molecule has 0 aliphatic rings. The molecule has 1 amide bonds. The summed E-state index contributed by atoms with van der Waals surface area (Å²) >= 11 is 0. The summed E-state index contributed by atoms with van der Waals surface area (Å²) in [6.45, 7) is 2.27. The molecule has 0 fully saturated rings. The molecule has 0 saturated carbocycles. The van der Waals surface area contributed by atoms with Crippen molar-refractivity contribution in [3.05, 3.63) is 34.1 Å². The molecule has 0 heterocycles. The highest BCUT2D eigenvalue weighted by atomic mass is 19.1. The molecular weight excluding hydrogens is 431 g/mol. The normalized spacial score (nSPS) is 11.0. The van der Waals surface area contributed by atoms with E-state index < -0.39 is 10.7 Å². The predicted molar refractivity (Wildman–Crippen MR) is 140 cm³/mol. The summed E-state index contributed by atoms with van der Waals surface area (Å²) in [4.78, 5) is 22.2. The first-order chi connectivity index (χ1) is 16.5. The first kappa shape index (κ1) is 30.1. The van der Waals surface area contributed by atoms with Gasteiger partial charge in [0.1, 0.15) is 5.82 Å². The predicted octanol–water partition coefficient (Wildman–Crippen LogP) is 9.49. The summed E-state index contributed by atoms with van der Waals surface area (Å²) in [5.74, 6) is -0.960. The van der Waals surface area contributed by atoms with Crippen LogP contribution < -0.4 is 5.32 Å². The van der Waals surface area contributed by atoms with Crippen LogP contribution in [0.25, 0.3) is 0 Å². The van der Waals surface area contributed by atoms with Gasteiger partial charge >= 0.3 is 0 Å². The molecule has 1 aromatic rings. The number of amides is 1. The minimum Gasteiger partial charge on any atom is -0.323 e. The summed E-state index contributed by atoms with van der Waals surface area (Å²) < 4.78 is 13.7. The molecule has 1 N–H and O–H groups in total. The Kier molecular flexibility index (Phi) is 18.0. The highest BCUT2D eigenvalue weighted by molar-refractivity contribution is 5.91. The van der Waals surface area contributed by atoms with Crippen LogP contribution in [0.1, 0.15) is 135 Å². The van der Waals surface area contributed by atoms with Gasteiger partial charge in [-0.1, -0.05) is 122 Å². The maximum atomic E-state index is 13.7. The standard InChI is InChI=1S/C28H47FN2O3/c1-2-3-4-5-6-7-8-9-10-11-12-13-14-15-16-17-18-19-20-21-28(32)30-27-24-25(31(33)34)22-23-26(27)29/h22-24H,2-21H2,1H3,(H,30,32). The number of halogens is 1. The van der Waals surface area contributed by atoms with E-state index >= 15 is 0 Å². The van der Waals surface area contributed by atoms with E-state index in [9.17, 15) is 19.3 Å². The Hall–Kier alpha value is -1.98. The van der Waals surface area contributed by atoms with E-state index in [0.717, 1.165) is 37.5 Å². The molecular formula is C28H47FN2O3. The number of carbonyl (C=O) groups excluding carboxylic acids is 1. The van der Waals surface area contributed by atoms with E-state index in [1.165, 1.54) is 103 Å². The lowest BCUT2D eigenvalue weighted by molar-refractivity contribution is -0.384. The number of carbonyl (C=O) groups is 1. The smallest absolute Gasteiger partial charge is 0.271 e. The second-order valence-electron chi connectivity index (χ2n) is 9.58. The monoisotopic (exact) mass is 478 g/mol. The van der Waals surface area contributed by atoms with Crippen molar-refractivity contribution in [2.24, 2.45) is 0 Å². The number of anilines is 1. The number of rotatable bonds is 22. The molecule has 5 nitrogen and oxygen atoms in total. The van der Waals surface area contributed by atoms with Crippen molar-refractivity contribution in [1.82, 2.24) is 0 Å². The van der Waals surface area contributed by atoms with E-state index in [1.54, 1.807) is 0 Å². The minimum atomic E-state index is -0.660. The van der Waals surface area contributed by atoms with Gasteiger partial charge in [-0.2, -0.15) is 0 Å². The molecule has 0 bridgehead atoms. The van der Waals surface area contributed by atoms with Crippen LogP contribution in [0.2, 0.25) is 0 Å². The third-order valence-electron chi connectivity index (χ3n) is 6.44. The van der Waals surface area contributed by atoms with Crippen LogP contribution in [0.4, 0.5) is 15.8 Å². The lowest BCUT2D eigenvalue weighted by Gasteiger charge is -2.06. The third kappa shape index (κ3) is 15.8. The van der Waals surface area contributed by atoms with Gasteiger partial charge < -0.3 is 5.32 Å². The number of non-ortho nitro benzene ring substituents is 1. The zero-order valence-corrected chi connectivity index (χ0v) is 21.4. The molecule has 0 unspecified atom stereocenters. The number of hydrogen-bond donors (Lipinski definition) is 1. The molecule has 0 aromatic heterocycles. The lowest BCUT2D eigenvalue weighted by Crippen LogP contribution is -2.12. The van der Waals surface area contributed by atoms with Gasteiger partial charge in [0, 0.05) is 18.6 Å². The van der Waals surface area contributed by atoms with E-state index in [4.69, 9.17) is 0 Å². The molecule has 1 aromatic carbocycles. The summed E-state index contributed by atoms with van der Waals surface area (Å²) in [6, 6.07) is 3.15. The van der Waals surface area contributed by atoms with Gasteiger partial charge in [0.25, 0.3) is 5.69 Å². The summed E-state index contributed by atoms with van der Waals surface area (Å²) in [5, 5.41) is 13.2. The van der Waals surface area contributed by atoms with Gasteiger partial charge in [-0.25, -0.2) is 4.39 Å². The van der Waals surface area contributed by atoms with Crippen LogP contribution in [0.5, 0.6) is 0 Å². The van der Waals surface area contributed by atoms with Crippen molar-refractivity contribution in [3.8, 4) is 0 Å². The highest BCUT2D eigenvalue weighted by Crippen LogP contribution is 2.22. The maximum absolute atomic E-state index is 13.7. The van der Waals surface area contributed by atoms with Gasteiger partial charge in [0.2, 0.25) is 5.91 Å². The van der Waals surface area contributed by atoms with Crippen molar-refractivity contribution >= 4 is 17.3 Å². The second kappa shape index (κ2) is 20.4. The zero-order valence-electron chi connectivity index (χ0n) is 21.4. The Morgan fingerprint density at radius 1 is 0.765 bits per heavy atom. The quantitative estimate of drug-likeness (QED) is 0.102. The molecule has 1 rings (SSSR count). The molecule has 0 aliphatic heterocycles. The minimum absolute atomic E-state index is 0.128. The van der Waals surface area contributed by atoms with Crippen LogP contribution in [0, 0.1) is 15.9 Å². The molecule has 34 heavy (non-hydrogen) atoms. The summed E-state index contributed by atoms with van der Waals surface area (Å²) in [7, 11) is 0. The fourth-order valence-corrected chi connectivity index (χ4v) is 4.30. The Labute approximate surface area is 206 Å². The van der Waals surface area contributed by atoms with Crippen molar-refractivity contribution < 1.29 is 14.1 Å². The molecule has 0 spiro atoms. The molecule has 0 atom stereocenters. The number of nitro groups is 1. The Bertz CT molecular complexity index is 682. The van der Waals surface area contributed by atoms with E-state index in [0.29, 0.717) is 6.42 Å². The fourth-order valence-electron chi connectivity index (χ4n) is 4.30. The van der Waals surface area contributed by atoms with Crippen LogP contribution in [-0.4, -0.2) is 10.8 Å². The van der Waals surface area contributed by atoms with Gasteiger partial charge in [-0.05, 0) is 12.5 Å². The van der Waals surface area contributed by atoms with Crippen molar-refractivity contribution in [2.75, 3.05) is 5.32 Å². The Balaban J connectivity index is 1.87. The first-order valence-corrected chi connectivity index (χ1v) is 13.8. The average molecular weight is 479 g/mol. The van der Waals surface area contributed by atoms with Gasteiger partial charge in [0.05, 0.1) is 10.6 Å². The highest BCUT2D eigenvalue weighted by Gasteiger charge is 2.12. The lowest BCUT2D eigenvalue weighted by atomic mass is 10.0. The molecule has 0 saturated heterocycles. The van der Waals surface area contributed by atoms with Crippen LogP contribution in [-0.2, 0) is 4.79 Å².